The van der Waals surface area contributed by atoms with Crippen LogP contribution in [0.1, 0.15) is 28.3 Å². The zero-order valence-electron chi connectivity index (χ0n) is 17.7. The summed E-state index contributed by atoms with van der Waals surface area (Å²) in [5.41, 5.74) is 3.79. The lowest BCUT2D eigenvalue weighted by Crippen LogP contribution is -2.36. The van der Waals surface area contributed by atoms with Gasteiger partial charge in [-0.15, -0.1) is 0 Å². The molecule has 8 heteroatoms. The van der Waals surface area contributed by atoms with Crippen LogP contribution in [0.2, 0.25) is 0 Å². The topological polar surface area (TPSA) is 62.6 Å². The molecular weight excluding hydrogens is 412 g/mol. The molecule has 1 atom stereocenters. The third-order valence-corrected chi connectivity index (χ3v) is 5.77. The largest absolute Gasteiger partial charge is 0.379 e. The number of nitrogens with zero attached hydrogens (tertiary/aromatic N) is 4. The first-order valence-corrected chi connectivity index (χ1v) is 10.6. The summed E-state index contributed by atoms with van der Waals surface area (Å²) < 4.78 is 35.1. The van der Waals surface area contributed by atoms with E-state index in [2.05, 4.69) is 20.3 Å². The maximum absolute atomic E-state index is 14.9. The maximum Gasteiger partial charge on any atom is 0.227 e. The van der Waals surface area contributed by atoms with Gasteiger partial charge in [0.25, 0.3) is 0 Å². The van der Waals surface area contributed by atoms with Crippen LogP contribution in [0, 0.1) is 18.6 Å². The van der Waals surface area contributed by atoms with Crippen molar-refractivity contribution in [2.75, 3.05) is 31.6 Å². The summed E-state index contributed by atoms with van der Waals surface area (Å²) in [6.45, 7) is 4.73. The summed E-state index contributed by atoms with van der Waals surface area (Å²) in [6.07, 6.45) is 3.28. The minimum atomic E-state index is -0.555. The quantitative estimate of drug-likeness (QED) is 0.640. The van der Waals surface area contributed by atoms with Crippen molar-refractivity contribution in [1.29, 1.82) is 0 Å². The normalized spacial score (nSPS) is 18.0. The molecule has 1 fully saturated rings. The summed E-state index contributed by atoms with van der Waals surface area (Å²) in [5, 5.41) is 3.17. The van der Waals surface area contributed by atoms with Crippen LogP contribution < -0.4 is 5.32 Å². The molecule has 5 rings (SSSR count). The van der Waals surface area contributed by atoms with Crippen molar-refractivity contribution < 1.29 is 13.5 Å². The van der Waals surface area contributed by atoms with Gasteiger partial charge in [0.2, 0.25) is 5.95 Å². The number of rotatable bonds is 5. The van der Waals surface area contributed by atoms with Crippen LogP contribution in [-0.4, -0.2) is 47.4 Å². The molecule has 164 valence electrons. The van der Waals surface area contributed by atoms with E-state index in [1.165, 1.54) is 12.1 Å². The van der Waals surface area contributed by atoms with E-state index in [0.29, 0.717) is 49.2 Å². The molecular formula is C24H23F2N5O. The molecule has 1 aromatic heterocycles. The van der Waals surface area contributed by atoms with Gasteiger partial charge in [0.15, 0.2) is 0 Å². The van der Waals surface area contributed by atoms with E-state index < -0.39 is 17.6 Å². The molecule has 2 aliphatic rings. The molecule has 0 aliphatic carbocycles. The highest BCUT2D eigenvalue weighted by atomic mass is 19.1. The van der Waals surface area contributed by atoms with Gasteiger partial charge in [-0.1, -0.05) is 17.7 Å². The van der Waals surface area contributed by atoms with Crippen molar-refractivity contribution in [3.63, 3.8) is 0 Å². The predicted molar refractivity (Wildman–Crippen MR) is 119 cm³/mol. The second kappa shape index (κ2) is 8.72. The van der Waals surface area contributed by atoms with E-state index in [1.54, 1.807) is 12.4 Å². The minimum Gasteiger partial charge on any atom is -0.379 e. The number of aromatic nitrogens is 2. The Kier molecular flexibility index (Phi) is 5.63. The van der Waals surface area contributed by atoms with Gasteiger partial charge in [0.1, 0.15) is 17.3 Å². The van der Waals surface area contributed by atoms with Gasteiger partial charge in [-0.25, -0.2) is 18.7 Å². The van der Waals surface area contributed by atoms with Gasteiger partial charge >= 0.3 is 0 Å². The number of morpholine rings is 1. The summed E-state index contributed by atoms with van der Waals surface area (Å²) in [7, 11) is 0. The number of hydrogen-bond donors (Lipinski definition) is 1. The van der Waals surface area contributed by atoms with Crippen LogP contribution in [0.3, 0.4) is 0 Å². The zero-order valence-corrected chi connectivity index (χ0v) is 17.7. The highest BCUT2D eigenvalue weighted by molar-refractivity contribution is 5.83. The molecule has 0 spiro atoms. The molecule has 0 amide bonds. The Bertz CT molecular complexity index is 1140. The number of benzene rings is 2. The molecule has 0 bridgehead atoms. The van der Waals surface area contributed by atoms with Crippen molar-refractivity contribution in [1.82, 2.24) is 14.9 Å². The minimum absolute atomic E-state index is 0.0789. The predicted octanol–water partition coefficient (Wildman–Crippen LogP) is 4.49. The summed E-state index contributed by atoms with van der Waals surface area (Å²) in [5.74, 6) is -1.14. The fourth-order valence-electron chi connectivity index (χ4n) is 3.95. The number of fused-ring (bicyclic) bond motifs is 1. The second-order valence-electron chi connectivity index (χ2n) is 8.06. The van der Waals surface area contributed by atoms with Gasteiger partial charge in [-0.05, 0) is 36.8 Å². The van der Waals surface area contributed by atoms with Crippen LogP contribution in [-0.2, 0) is 11.3 Å². The van der Waals surface area contributed by atoms with Crippen molar-refractivity contribution in [2.45, 2.75) is 19.4 Å². The van der Waals surface area contributed by atoms with Crippen LogP contribution in [0.25, 0.3) is 0 Å². The Morgan fingerprint density at radius 2 is 1.81 bits per heavy atom. The Hall–Kier alpha value is -3.23. The van der Waals surface area contributed by atoms with E-state index in [-0.39, 0.29) is 12.1 Å². The average molecular weight is 435 g/mol. The van der Waals surface area contributed by atoms with Crippen LogP contribution >= 0.6 is 0 Å². The second-order valence-corrected chi connectivity index (χ2v) is 8.06. The van der Waals surface area contributed by atoms with E-state index >= 15 is 0 Å². The van der Waals surface area contributed by atoms with Gasteiger partial charge in [-0.2, -0.15) is 0 Å². The molecule has 2 aromatic carbocycles. The summed E-state index contributed by atoms with van der Waals surface area (Å²) >= 11 is 0. The zero-order chi connectivity index (χ0) is 22.1. The molecule has 1 N–H and O–H groups in total. The van der Waals surface area contributed by atoms with E-state index in [0.717, 1.165) is 11.3 Å². The average Bonchev–Trinajstić information content (AvgIpc) is 3.22. The van der Waals surface area contributed by atoms with E-state index in [9.17, 15) is 8.78 Å². The number of halogens is 2. The Morgan fingerprint density at radius 1 is 1.09 bits per heavy atom. The lowest BCUT2D eigenvalue weighted by molar-refractivity contribution is 0.0332. The molecule has 1 saturated heterocycles. The highest BCUT2D eigenvalue weighted by Crippen LogP contribution is 2.36. The molecule has 6 nitrogen and oxygen atoms in total. The van der Waals surface area contributed by atoms with Gasteiger partial charge in [0.05, 0.1) is 31.0 Å². The van der Waals surface area contributed by atoms with Crippen molar-refractivity contribution >= 4 is 23.5 Å². The molecule has 3 aromatic rings. The molecule has 3 heterocycles. The lowest BCUT2D eigenvalue weighted by Gasteiger charge is -2.27. The molecule has 32 heavy (non-hydrogen) atoms. The third kappa shape index (κ3) is 4.24. The first kappa shape index (κ1) is 20.7. The monoisotopic (exact) mass is 435 g/mol. The maximum atomic E-state index is 14.9. The van der Waals surface area contributed by atoms with Crippen LogP contribution in [0.15, 0.2) is 47.6 Å². The number of ether oxygens (including phenoxy) is 1. The van der Waals surface area contributed by atoms with E-state index in [1.807, 2.05) is 36.1 Å². The van der Waals surface area contributed by atoms with Crippen molar-refractivity contribution in [3.8, 4) is 0 Å². The number of aryl methyl sites for hydroxylation is 1. The molecule has 1 unspecified atom stereocenters. The van der Waals surface area contributed by atoms with Crippen LogP contribution in [0.4, 0.5) is 26.1 Å². The summed E-state index contributed by atoms with van der Waals surface area (Å²) in [6, 6.07) is 10.6. The standard InChI is InChI=1S/C24H23F2N5O/c1-15-2-4-17(5-3-15)29-24-28-13-22-23(30-24)18(12-27-22)16-10-20(25)19(21(26)11-16)14-31-6-8-32-9-7-31/h2-5,10-13,18H,6-9,14H2,1H3,(H,28,29,30). The van der Waals surface area contributed by atoms with Gasteiger partial charge < -0.3 is 10.1 Å². The van der Waals surface area contributed by atoms with E-state index in [4.69, 9.17) is 4.74 Å². The molecule has 0 radical (unpaired) electrons. The highest BCUT2D eigenvalue weighted by Gasteiger charge is 2.26. The fourth-order valence-corrected chi connectivity index (χ4v) is 3.95. The number of anilines is 2. The van der Waals surface area contributed by atoms with Crippen LogP contribution in [0.5, 0.6) is 0 Å². The lowest BCUT2D eigenvalue weighted by atomic mass is 9.95. The van der Waals surface area contributed by atoms with Crippen molar-refractivity contribution in [3.05, 3.63) is 76.6 Å². The Morgan fingerprint density at radius 3 is 2.53 bits per heavy atom. The first-order valence-electron chi connectivity index (χ1n) is 10.6. The Balaban J connectivity index is 1.39. The SMILES string of the molecule is Cc1ccc(Nc2ncc3c(n2)C(c2cc(F)c(CN4CCOCC4)c(F)c2)C=N3)cc1. The number of nitrogens with one attached hydrogen (secondary N) is 1. The number of hydrogen-bond acceptors (Lipinski definition) is 6. The first-order chi connectivity index (χ1) is 15.6. The van der Waals surface area contributed by atoms with Crippen molar-refractivity contribution in [2.24, 2.45) is 4.99 Å². The molecule has 0 saturated carbocycles. The smallest absolute Gasteiger partial charge is 0.227 e. The summed E-state index contributed by atoms with van der Waals surface area (Å²) in [4.78, 5) is 15.2. The Labute approximate surface area is 185 Å². The van der Waals surface area contributed by atoms with Gasteiger partial charge in [-0.3, -0.25) is 9.89 Å². The van der Waals surface area contributed by atoms with Gasteiger partial charge in [0, 0.05) is 37.1 Å². The number of aliphatic imine (C=N–C) groups is 1. The third-order valence-electron chi connectivity index (χ3n) is 5.77. The fraction of sp³-hybridized carbons (Fsp3) is 0.292. The molecule has 2 aliphatic heterocycles.